The summed E-state index contributed by atoms with van der Waals surface area (Å²) in [4.78, 5) is 11.8. The summed E-state index contributed by atoms with van der Waals surface area (Å²) < 4.78 is 0. The SMILES string of the molecule is O=C(Nc1ccccc1)NC(CO)Cc1ccccc1. The number of urea groups is 1. The first-order valence-electron chi connectivity index (χ1n) is 6.55. The molecule has 0 fully saturated rings. The minimum Gasteiger partial charge on any atom is -0.394 e. The van der Waals surface area contributed by atoms with Gasteiger partial charge in [0.05, 0.1) is 12.6 Å². The second-order valence-corrected chi connectivity index (χ2v) is 4.53. The van der Waals surface area contributed by atoms with Gasteiger partial charge in [-0.3, -0.25) is 0 Å². The van der Waals surface area contributed by atoms with Crippen molar-refractivity contribution >= 4 is 11.7 Å². The number of rotatable bonds is 5. The van der Waals surface area contributed by atoms with E-state index >= 15 is 0 Å². The van der Waals surface area contributed by atoms with Gasteiger partial charge in [-0.2, -0.15) is 0 Å². The molecule has 0 spiro atoms. The van der Waals surface area contributed by atoms with Crippen LogP contribution in [0.4, 0.5) is 10.5 Å². The van der Waals surface area contributed by atoms with Gasteiger partial charge >= 0.3 is 6.03 Å². The highest BCUT2D eigenvalue weighted by Gasteiger charge is 2.11. The van der Waals surface area contributed by atoms with Crippen molar-refractivity contribution in [2.45, 2.75) is 12.5 Å². The van der Waals surface area contributed by atoms with E-state index in [2.05, 4.69) is 10.6 Å². The van der Waals surface area contributed by atoms with Crippen LogP contribution in [0.1, 0.15) is 5.56 Å². The van der Waals surface area contributed by atoms with E-state index < -0.39 is 0 Å². The van der Waals surface area contributed by atoms with Crippen molar-refractivity contribution in [3.8, 4) is 0 Å². The van der Waals surface area contributed by atoms with Crippen LogP contribution in [-0.2, 0) is 6.42 Å². The highest BCUT2D eigenvalue weighted by molar-refractivity contribution is 5.89. The standard InChI is InChI=1S/C16H18N2O2/c19-12-15(11-13-7-3-1-4-8-13)18-16(20)17-14-9-5-2-6-10-14/h1-10,15,19H,11-12H2,(H2,17,18,20). The number of anilines is 1. The van der Waals surface area contributed by atoms with Gasteiger partial charge in [-0.25, -0.2) is 4.79 Å². The number of aliphatic hydroxyl groups is 1. The van der Waals surface area contributed by atoms with Gasteiger partial charge in [0.25, 0.3) is 0 Å². The van der Waals surface area contributed by atoms with Crippen LogP contribution in [0.15, 0.2) is 60.7 Å². The fourth-order valence-electron chi connectivity index (χ4n) is 1.93. The third kappa shape index (κ3) is 4.40. The molecule has 0 saturated heterocycles. The van der Waals surface area contributed by atoms with E-state index in [4.69, 9.17) is 0 Å². The Hall–Kier alpha value is -2.33. The van der Waals surface area contributed by atoms with Crippen molar-refractivity contribution < 1.29 is 9.90 Å². The molecule has 0 aliphatic carbocycles. The highest BCUT2D eigenvalue weighted by atomic mass is 16.3. The summed E-state index contributed by atoms with van der Waals surface area (Å²) in [5, 5.41) is 14.9. The Kier molecular flexibility index (Phi) is 5.15. The lowest BCUT2D eigenvalue weighted by molar-refractivity contribution is 0.224. The number of hydrogen-bond acceptors (Lipinski definition) is 2. The summed E-state index contributed by atoms with van der Waals surface area (Å²) in [6, 6.07) is 18.3. The maximum atomic E-state index is 11.8. The third-order valence-corrected chi connectivity index (χ3v) is 2.91. The van der Waals surface area contributed by atoms with Gasteiger partial charge in [0.15, 0.2) is 0 Å². The molecule has 2 amide bonds. The lowest BCUT2D eigenvalue weighted by Crippen LogP contribution is -2.41. The third-order valence-electron chi connectivity index (χ3n) is 2.91. The lowest BCUT2D eigenvalue weighted by Gasteiger charge is -2.17. The molecule has 2 aromatic carbocycles. The zero-order valence-corrected chi connectivity index (χ0v) is 11.1. The van der Waals surface area contributed by atoms with E-state index in [1.54, 1.807) is 0 Å². The summed E-state index contributed by atoms with van der Waals surface area (Å²) in [5.41, 5.74) is 1.80. The Balaban J connectivity index is 1.88. The van der Waals surface area contributed by atoms with E-state index in [9.17, 15) is 9.90 Å². The van der Waals surface area contributed by atoms with Gasteiger partial charge in [0.1, 0.15) is 0 Å². The van der Waals surface area contributed by atoms with E-state index in [1.807, 2.05) is 60.7 Å². The smallest absolute Gasteiger partial charge is 0.319 e. The molecule has 20 heavy (non-hydrogen) atoms. The number of nitrogens with one attached hydrogen (secondary N) is 2. The van der Waals surface area contributed by atoms with Gasteiger partial charge in [0.2, 0.25) is 0 Å². The Bertz CT molecular complexity index is 529. The van der Waals surface area contributed by atoms with Crippen LogP contribution in [0.5, 0.6) is 0 Å². The van der Waals surface area contributed by atoms with Crippen LogP contribution in [0.25, 0.3) is 0 Å². The monoisotopic (exact) mass is 270 g/mol. The maximum absolute atomic E-state index is 11.8. The molecule has 4 nitrogen and oxygen atoms in total. The fourth-order valence-corrected chi connectivity index (χ4v) is 1.93. The van der Waals surface area contributed by atoms with Crippen LogP contribution < -0.4 is 10.6 Å². The van der Waals surface area contributed by atoms with Crippen molar-refractivity contribution in [3.63, 3.8) is 0 Å². The van der Waals surface area contributed by atoms with Crippen LogP contribution in [0.3, 0.4) is 0 Å². The van der Waals surface area contributed by atoms with Gasteiger partial charge in [0, 0.05) is 5.69 Å². The van der Waals surface area contributed by atoms with Crippen molar-refractivity contribution in [2.75, 3.05) is 11.9 Å². The van der Waals surface area contributed by atoms with Crippen molar-refractivity contribution in [2.24, 2.45) is 0 Å². The van der Waals surface area contributed by atoms with Crippen molar-refractivity contribution in [1.82, 2.24) is 5.32 Å². The van der Waals surface area contributed by atoms with E-state index in [-0.39, 0.29) is 18.7 Å². The van der Waals surface area contributed by atoms with Crippen molar-refractivity contribution in [3.05, 3.63) is 66.2 Å². The van der Waals surface area contributed by atoms with Crippen LogP contribution >= 0.6 is 0 Å². The Morgan fingerprint density at radius 2 is 1.60 bits per heavy atom. The number of amides is 2. The Morgan fingerprint density at radius 1 is 1.00 bits per heavy atom. The molecular weight excluding hydrogens is 252 g/mol. The second kappa shape index (κ2) is 7.31. The number of benzene rings is 2. The van der Waals surface area contributed by atoms with Gasteiger partial charge < -0.3 is 15.7 Å². The van der Waals surface area contributed by atoms with Crippen LogP contribution in [0, 0.1) is 0 Å². The van der Waals surface area contributed by atoms with E-state index in [1.165, 1.54) is 0 Å². The van der Waals surface area contributed by atoms with E-state index in [0.29, 0.717) is 6.42 Å². The molecule has 0 aliphatic rings. The second-order valence-electron chi connectivity index (χ2n) is 4.53. The molecule has 2 aromatic rings. The summed E-state index contributed by atoms with van der Waals surface area (Å²) in [6.45, 7) is -0.100. The first kappa shape index (κ1) is 14.1. The molecular formula is C16H18N2O2. The summed E-state index contributed by atoms with van der Waals surface area (Å²) in [7, 11) is 0. The van der Waals surface area contributed by atoms with Gasteiger partial charge in [-0.15, -0.1) is 0 Å². The summed E-state index contributed by atoms with van der Waals surface area (Å²) in [5.74, 6) is 0. The van der Waals surface area contributed by atoms with Crippen LogP contribution in [0.2, 0.25) is 0 Å². The van der Waals surface area contributed by atoms with Crippen LogP contribution in [-0.4, -0.2) is 23.8 Å². The number of para-hydroxylation sites is 1. The fraction of sp³-hybridized carbons (Fsp3) is 0.188. The average molecular weight is 270 g/mol. The zero-order chi connectivity index (χ0) is 14.2. The largest absolute Gasteiger partial charge is 0.394 e. The van der Waals surface area contributed by atoms with E-state index in [0.717, 1.165) is 11.3 Å². The summed E-state index contributed by atoms with van der Waals surface area (Å²) >= 11 is 0. The maximum Gasteiger partial charge on any atom is 0.319 e. The molecule has 0 radical (unpaired) electrons. The Morgan fingerprint density at radius 3 is 2.20 bits per heavy atom. The molecule has 3 N–H and O–H groups in total. The lowest BCUT2D eigenvalue weighted by atomic mass is 10.1. The predicted molar refractivity (Wildman–Crippen MR) is 79.6 cm³/mol. The molecule has 1 unspecified atom stereocenters. The first-order valence-corrected chi connectivity index (χ1v) is 6.55. The average Bonchev–Trinajstić information content (AvgIpc) is 2.48. The highest BCUT2D eigenvalue weighted by Crippen LogP contribution is 2.06. The number of hydrogen-bond donors (Lipinski definition) is 3. The molecule has 4 heteroatoms. The quantitative estimate of drug-likeness (QED) is 0.781. The number of aliphatic hydroxyl groups excluding tert-OH is 1. The Labute approximate surface area is 118 Å². The molecule has 0 heterocycles. The minimum atomic E-state index is -0.314. The predicted octanol–water partition coefficient (Wildman–Crippen LogP) is 2.41. The number of carbonyl (C=O) groups is 1. The molecule has 0 aliphatic heterocycles. The minimum absolute atomic E-state index is 0.100. The van der Waals surface area contributed by atoms with Crippen molar-refractivity contribution in [1.29, 1.82) is 0 Å². The normalized spacial score (nSPS) is 11.7. The molecule has 0 aromatic heterocycles. The molecule has 1 atom stereocenters. The zero-order valence-electron chi connectivity index (χ0n) is 11.1. The molecule has 2 rings (SSSR count). The first-order chi connectivity index (χ1) is 9.78. The number of carbonyl (C=O) groups excluding carboxylic acids is 1. The molecule has 0 saturated carbocycles. The van der Waals surface area contributed by atoms with Gasteiger partial charge in [-0.1, -0.05) is 48.5 Å². The topological polar surface area (TPSA) is 61.4 Å². The molecule has 0 bridgehead atoms. The molecule has 104 valence electrons. The van der Waals surface area contributed by atoms with Gasteiger partial charge in [-0.05, 0) is 24.1 Å². The summed E-state index contributed by atoms with van der Waals surface area (Å²) in [6.07, 6.45) is 0.597.